The van der Waals surface area contributed by atoms with Crippen molar-refractivity contribution in [3.05, 3.63) is 45.7 Å². The fourth-order valence-electron chi connectivity index (χ4n) is 2.64. The number of esters is 1. The number of ether oxygens (including phenoxy) is 3. The maximum Gasteiger partial charge on any atom is 0.330 e. The van der Waals surface area contributed by atoms with Crippen LogP contribution in [0.2, 0.25) is 5.02 Å². The molecule has 0 saturated heterocycles. The van der Waals surface area contributed by atoms with E-state index in [0.717, 1.165) is 22.5 Å². The first kappa shape index (κ1) is 17.4. The first-order valence-corrected chi connectivity index (χ1v) is 8.37. The van der Waals surface area contributed by atoms with Gasteiger partial charge in [-0.25, -0.2) is 4.79 Å². The topological polar surface area (TPSA) is 73.4 Å². The molecular weight excluding hydrogens is 344 g/mol. The number of nitrogens with zero attached hydrogens (tertiary/aromatic N) is 1. The summed E-state index contributed by atoms with van der Waals surface area (Å²) in [5.74, 6) is 0.709. The number of H-pyrrole nitrogens is 1. The van der Waals surface area contributed by atoms with E-state index in [2.05, 4.69) is 10.2 Å². The molecule has 6 nitrogen and oxygen atoms in total. The number of nitrogens with one attached hydrogen (secondary N) is 1. The standard InChI is InChI=1S/C18H19ClN2O4/c1-11-14(12(2)21-20-11)5-6-24-17(22)4-3-13-9-15(19)18-16(10-13)23-7-8-25-18/h3-4,9-10H,5-8H2,1-2H3,(H,20,21). The molecule has 1 aliphatic rings. The molecule has 0 spiro atoms. The van der Waals surface area contributed by atoms with E-state index in [9.17, 15) is 4.79 Å². The summed E-state index contributed by atoms with van der Waals surface area (Å²) < 4.78 is 16.2. The third-order valence-corrected chi connectivity index (χ3v) is 4.19. The Morgan fingerprint density at radius 1 is 1.36 bits per heavy atom. The maximum absolute atomic E-state index is 11.9. The van der Waals surface area contributed by atoms with Gasteiger partial charge in [0.2, 0.25) is 0 Å². The smallest absolute Gasteiger partial charge is 0.330 e. The van der Waals surface area contributed by atoms with E-state index in [4.69, 9.17) is 25.8 Å². The normalized spacial score (nSPS) is 13.2. The highest BCUT2D eigenvalue weighted by Crippen LogP contribution is 2.38. The van der Waals surface area contributed by atoms with Crippen LogP contribution in [0.4, 0.5) is 0 Å². The summed E-state index contributed by atoms with van der Waals surface area (Å²) in [5.41, 5.74) is 3.74. The first-order valence-electron chi connectivity index (χ1n) is 7.99. The highest BCUT2D eigenvalue weighted by atomic mass is 35.5. The van der Waals surface area contributed by atoms with E-state index < -0.39 is 5.97 Å². The molecule has 2 heterocycles. The predicted molar refractivity (Wildman–Crippen MR) is 94.2 cm³/mol. The zero-order chi connectivity index (χ0) is 17.8. The van der Waals surface area contributed by atoms with Gasteiger partial charge in [-0.2, -0.15) is 5.10 Å². The molecule has 0 aliphatic carbocycles. The number of hydrogen-bond acceptors (Lipinski definition) is 5. The van der Waals surface area contributed by atoms with E-state index in [1.807, 2.05) is 13.8 Å². The molecular formula is C18H19ClN2O4. The van der Waals surface area contributed by atoms with Gasteiger partial charge < -0.3 is 14.2 Å². The van der Waals surface area contributed by atoms with Gasteiger partial charge in [0.05, 0.1) is 17.3 Å². The highest BCUT2D eigenvalue weighted by Gasteiger charge is 2.16. The molecule has 3 rings (SSSR count). The molecule has 7 heteroatoms. The van der Waals surface area contributed by atoms with Gasteiger partial charge in [0.25, 0.3) is 0 Å². The number of fused-ring (bicyclic) bond motifs is 1. The van der Waals surface area contributed by atoms with E-state index in [1.54, 1.807) is 18.2 Å². The van der Waals surface area contributed by atoms with Crippen molar-refractivity contribution in [1.82, 2.24) is 10.2 Å². The fourth-order valence-corrected chi connectivity index (χ4v) is 2.91. The quantitative estimate of drug-likeness (QED) is 0.653. The number of aromatic amines is 1. The number of hydrogen-bond donors (Lipinski definition) is 1. The first-order chi connectivity index (χ1) is 12.0. The molecule has 0 saturated carbocycles. The second-order valence-electron chi connectivity index (χ2n) is 5.69. The number of halogens is 1. The summed E-state index contributed by atoms with van der Waals surface area (Å²) in [6.45, 7) is 5.12. The molecule has 1 N–H and O–H groups in total. The number of aryl methyl sites for hydroxylation is 2. The number of benzene rings is 1. The average Bonchev–Trinajstić information content (AvgIpc) is 2.92. The summed E-state index contributed by atoms with van der Waals surface area (Å²) in [7, 11) is 0. The lowest BCUT2D eigenvalue weighted by Crippen LogP contribution is -2.15. The monoisotopic (exact) mass is 362 g/mol. The molecule has 1 aliphatic heterocycles. The lowest BCUT2D eigenvalue weighted by molar-refractivity contribution is -0.137. The lowest BCUT2D eigenvalue weighted by atomic mass is 10.1. The van der Waals surface area contributed by atoms with Crippen molar-refractivity contribution in [3.8, 4) is 11.5 Å². The van der Waals surface area contributed by atoms with Gasteiger partial charge in [-0.05, 0) is 43.2 Å². The molecule has 0 bridgehead atoms. The minimum Gasteiger partial charge on any atom is -0.486 e. The van der Waals surface area contributed by atoms with E-state index in [-0.39, 0.29) is 0 Å². The van der Waals surface area contributed by atoms with Gasteiger partial charge in [-0.3, -0.25) is 5.10 Å². The third-order valence-electron chi connectivity index (χ3n) is 3.91. The average molecular weight is 363 g/mol. The summed E-state index contributed by atoms with van der Waals surface area (Å²) in [6.07, 6.45) is 3.64. The van der Waals surface area contributed by atoms with Gasteiger partial charge >= 0.3 is 5.97 Å². The number of carbonyl (C=O) groups is 1. The Balaban J connectivity index is 1.57. The van der Waals surface area contributed by atoms with Crippen molar-refractivity contribution in [2.75, 3.05) is 19.8 Å². The van der Waals surface area contributed by atoms with Crippen LogP contribution in [0.3, 0.4) is 0 Å². The van der Waals surface area contributed by atoms with E-state index >= 15 is 0 Å². The number of aromatic nitrogens is 2. The van der Waals surface area contributed by atoms with E-state index in [1.165, 1.54) is 6.08 Å². The third kappa shape index (κ3) is 4.14. The van der Waals surface area contributed by atoms with Crippen molar-refractivity contribution < 1.29 is 19.0 Å². The highest BCUT2D eigenvalue weighted by molar-refractivity contribution is 6.32. The van der Waals surface area contributed by atoms with Crippen LogP contribution in [0.1, 0.15) is 22.5 Å². The lowest BCUT2D eigenvalue weighted by Gasteiger charge is -2.19. The Bertz CT molecular complexity index is 794. The van der Waals surface area contributed by atoms with Gasteiger partial charge in [0.15, 0.2) is 11.5 Å². The van der Waals surface area contributed by atoms with E-state index in [0.29, 0.717) is 42.8 Å². The zero-order valence-electron chi connectivity index (χ0n) is 14.1. The Morgan fingerprint density at radius 3 is 2.92 bits per heavy atom. The maximum atomic E-state index is 11.9. The Kier molecular flexibility index (Phi) is 5.28. The largest absolute Gasteiger partial charge is 0.486 e. The van der Waals surface area contributed by atoms with Gasteiger partial charge in [0, 0.05) is 18.2 Å². The van der Waals surface area contributed by atoms with Crippen molar-refractivity contribution in [3.63, 3.8) is 0 Å². The predicted octanol–water partition coefficient (Wildman–Crippen LogP) is 3.25. The van der Waals surface area contributed by atoms with Crippen LogP contribution in [-0.2, 0) is 16.0 Å². The fraction of sp³-hybridized carbons (Fsp3) is 0.333. The van der Waals surface area contributed by atoms with Crippen molar-refractivity contribution in [2.24, 2.45) is 0 Å². The van der Waals surface area contributed by atoms with Crippen LogP contribution in [0.15, 0.2) is 18.2 Å². The Labute approximate surface area is 150 Å². The van der Waals surface area contributed by atoms with Gasteiger partial charge in [-0.15, -0.1) is 0 Å². The van der Waals surface area contributed by atoms with Gasteiger partial charge in [0.1, 0.15) is 13.2 Å². The SMILES string of the molecule is Cc1n[nH]c(C)c1CCOC(=O)C=Cc1cc(Cl)c2c(c1)OCCO2. The molecule has 0 fully saturated rings. The van der Waals surface area contributed by atoms with Crippen LogP contribution in [0, 0.1) is 13.8 Å². The molecule has 0 radical (unpaired) electrons. The van der Waals surface area contributed by atoms with Crippen LogP contribution >= 0.6 is 11.6 Å². The molecule has 0 unspecified atom stereocenters. The second-order valence-corrected chi connectivity index (χ2v) is 6.10. The van der Waals surface area contributed by atoms with Crippen LogP contribution in [-0.4, -0.2) is 36.0 Å². The Hall–Kier alpha value is -2.47. The minimum atomic E-state index is -0.412. The summed E-state index contributed by atoms with van der Waals surface area (Å²) in [4.78, 5) is 11.9. The second kappa shape index (κ2) is 7.61. The van der Waals surface area contributed by atoms with Gasteiger partial charge in [-0.1, -0.05) is 11.6 Å². The number of carbonyl (C=O) groups excluding carboxylic acids is 1. The van der Waals surface area contributed by atoms with Crippen molar-refractivity contribution in [2.45, 2.75) is 20.3 Å². The molecule has 1 aromatic carbocycles. The Morgan fingerprint density at radius 2 is 2.16 bits per heavy atom. The molecule has 25 heavy (non-hydrogen) atoms. The van der Waals surface area contributed by atoms with Crippen LogP contribution in [0.25, 0.3) is 6.08 Å². The van der Waals surface area contributed by atoms with Crippen molar-refractivity contribution >= 4 is 23.6 Å². The molecule has 0 amide bonds. The molecule has 132 valence electrons. The van der Waals surface area contributed by atoms with Crippen LogP contribution in [0.5, 0.6) is 11.5 Å². The minimum absolute atomic E-state index is 0.298. The molecule has 1 aromatic heterocycles. The molecule has 2 aromatic rings. The summed E-state index contributed by atoms with van der Waals surface area (Å²) in [6, 6.07) is 3.50. The van der Waals surface area contributed by atoms with Crippen molar-refractivity contribution in [1.29, 1.82) is 0 Å². The summed E-state index contributed by atoms with van der Waals surface area (Å²) >= 11 is 6.17. The zero-order valence-corrected chi connectivity index (χ0v) is 14.9. The summed E-state index contributed by atoms with van der Waals surface area (Å²) in [5, 5.41) is 7.49. The molecule has 0 atom stereocenters. The van der Waals surface area contributed by atoms with Crippen LogP contribution < -0.4 is 9.47 Å². The number of rotatable bonds is 5.